The third-order valence-corrected chi connectivity index (χ3v) is 7.05. The highest BCUT2D eigenvalue weighted by Gasteiger charge is 2.19. The molecule has 0 bridgehead atoms. The van der Waals surface area contributed by atoms with E-state index in [2.05, 4.69) is 140 Å². The molecule has 4 aromatic heterocycles. The Balaban J connectivity index is 1.13. The lowest BCUT2D eigenvalue weighted by Gasteiger charge is -2.05. The van der Waals surface area contributed by atoms with Crippen LogP contribution < -0.4 is 8.80 Å². The van der Waals surface area contributed by atoms with Crippen molar-refractivity contribution in [1.29, 1.82) is 0 Å². The first-order valence-corrected chi connectivity index (χ1v) is 13.0. The molecule has 36 heavy (non-hydrogen) atoms. The van der Waals surface area contributed by atoms with Crippen molar-refractivity contribution in [2.75, 3.05) is 0 Å². The number of rotatable bonds is 9. The van der Waals surface area contributed by atoms with Gasteiger partial charge in [0.05, 0.1) is 25.5 Å². The molecule has 178 valence electrons. The number of nitrogens with zero attached hydrogens (tertiary/aromatic N) is 4. The summed E-state index contributed by atoms with van der Waals surface area (Å²) in [4.78, 5) is 0. The van der Waals surface area contributed by atoms with Gasteiger partial charge in [0.1, 0.15) is 12.4 Å². The van der Waals surface area contributed by atoms with E-state index < -0.39 is 0 Å². The van der Waals surface area contributed by atoms with Gasteiger partial charge in [0.2, 0.25) is 0 Å². The van der Waals surface area contributed by atoms with Gasteiger partial charge in [0.15, 0.2) is 11.4 Å². The number of pyridine rings is 2. The smallest absolute Gasteiger partial charge is 0.223 e. The van der Waals surface area contributed by atoms with E-state index in [1.54, 1.807) is 0 Å². The van der Waals surface area contributed by atoms with Crippen LogP contribution in [0.1, 0.15) is 25.7 Å². The van der Waals surface area contributed by atoms with Crippen molar-refractivity contribution < 1.29 is 8.80 Å². The molecule has 0 N–H and O–H groups in total. The number of fused-ring (bicyclic) bond motifs is 2. The van der Waals surface area contributed by atoms with Crippen molar-refractivity contribution in [3.63, 3.8) is 0 Å². The highest BCUT2D eigenvalue weighted by atomic mass is 15.1. The normalized spacial score (nSPS) is 11.4. The van der Waals surface area contributed by atoms with Crippen LogP contribution in [0, 0.1) is 0 Å². The van der Waals surface area contributed by atoms with E-state index in [0.29, 0.717) is 0 Å². The first-order chi connectivity index (χ1) is 17.9. The summed E-state index contributed by atoms with van der Waals surface area (Å²) in [5.74, 6) is 0. The quantitative estimate of drug-likeness (QED) is 0.172. The van der Waals surface area contributed by atoms with Gasteiger partial charge in [-0.1, -0.05) is 72.8 Å². The van der Waals surface area contributed by atoms with Crippen LogP contribution >= 0.6 is 0 Å². The Hall–Kier alpha value is -4.18. The van der Waals surface area contributed by atoms with E-state index in [-0.39, 0.29) is 0 Å². The zero-order chi connectivity index (χ0) is 24.2. The van der Waals surface area contributed by atoms with Crippen LogP contribution in [0.2, 0.25) is 0 Å². The molecule has 0 radical (unpaired) electrons. The summed E-state index contributed by atoms with van der Waals surface area (Å²) in [7, 11) is 0. The lowest BCUT2D eigenvalue weighted by molar-refractivity contribution is -0.510. The molecule has 4 heterocycles. The molecule has 2 aromatic carbocycles. The minimum atomic E-state index is 1.03. The minimum Gasteiger partial charge on any atom is -0.223 e. The summed E-state index contributed by atoms with van der Waals surface area (Å²) < 4.78 is 9.42. The second kappa shape index (κ2) is 10.2. The molecule has 0 saturated carbocycles. The van der Waals surface area contributed by atoms with Crippen LogP contribution in [0.5, 0.6) is 0 Å². The zero-order valence-corrected chi connectivity index (χ0v) is 20.6. The molecule has 0 aliphatic heterocycles. The van der Waals surface area contributed by atoms with E-state index in [1.165, 1.54) is 59.5 Å². The SMILES string of the molecule is c1ccc(-c2c[n+]3ccccc3n2CCCCCCn2c(-c3ccccc3)c[n+]3ccccc23)cc1. The Labute approximate surface area is 212 Å². The highest BCUT2D eigenvalue weighted by Crippen LogP contribution is 2.23. The van der Waals surface area contributed by atoms with Crippen LogP contribution in [0.15, 0.2) is 122 Å². The van der Waals surface area contributed by atoms with E-state index >= 15 is 0 Å². The van der Waals surface area contributed by atoms with Crippen LogP contribution in [0.4, 0.5) is 0 Å². The summed E-state index contributed by atoms with van der Waals surface area (Å²) in [5.41, 5.74) is 7.60. The average molecular weight is 473 g/mol. The zero-order valence-electron chi connectivity index (χ0n) is 20.6. The summed E-state index contributed by atoms with van der Waals surface area (Å²) in [5, 5.41) is 0. The maximum absolute atomic E-state index is 2.47. The van der Waals surface area contributed by atoms with Crippen LogP contribution in [-0.4, -0.2) is 9.13 Å². The van der Waals surface area contributed by atoms with Crippen molar-refractivity contribution in [1.82, 2.24) is 9.13 Å². The molecular formula is C32H32N4+2. The van der Waals surface area contributed by atoms with Crippen LogP contribution in [0.3, 0.4) is 0 Å². The lowest BCUT2D eigenvalue weighted by Crippen LogP contribution is -2.18. The van der Waals surface area contributed by atoms with Crippen molar-refractivity contribution in [3.8, 4) is 22.5 Å². The number of aromatic nitrogens is 4. The van der Waals surface area contributed by atoms with Crippen molar-refractivity contribution in [2.24, 2.45) is 0 Å². The minimum absolute atomic E-state index is 1.03. The highest BCUT2D eigenvalue weighted by molar-refractivity contribution is 5.62. The van der Waals surface area contributed by atoms with Gasteiger partial charge in [-0.2, -0.15) is 0 Å². The number of imidazole rings is 2. The van der Waals surface area contributed by atoms with Gasteiger partial charge in [-0.3, -0.25) is 0 Å². The third kappa shape index (κ3) is 4.42. The van der Waals surface area contributed by atoms with Crippen LogP contribution in [0.25, 0.3) is 33.8 Å². The van der Waals surface area contributed by atoms with Crippen molar-refractivity contribution >= 4 is 11.3 Å². The fourth-order valence-electron chi connectivity index (χ4n) is 5.26. The molecule has 0 fully saturated rings. The first kappa shape index (κ1) is 22.3. The Morgan fingerprint density at radius 1 is 0.444 bits per heavy atom. The number of aryl methyl sites for hydroxylation is 2. The summed E-state index contributed by atoms with van der Waals surface area (Å²) >= 11 is 0. The summed E-state index contributed by atoms with van der Waals surface area (Å²) in [6.45, 7) is 2.06. The Morgan fingerprint density at radius 3 is 1.31 bits per heavy atom. The van der Waals surface area contributed by atoms with E-state index in [1.807, 2.05) is 0 Å². The molecule has 0 atom stereocenters. The lowest BCUT2D eigenvalue weighted by atomic mass is 10.1. The maximum atomic E-state index is 2.47. The molecule has 4 nitrogen and oxygen atoms in total. The molecule has 0 aliphatic rings. The Kier molecular flexibility index (Phi) is 6.32. The first-order valence-electron chi connectivity index (χ1n) is 13.0. The average Bonchev–Trinajstić information content (AvgIpc) is 3.50. The van der Waals surface area contributed by atoms with Crippen LogP contribution in [-0.2, 0) is 13.1 Å². The fourth-order valence-corrected chi connectivity index (χ4v) is 5.26. The van der Waals surface area contributed by atoms with Gasteiger partial charge in [0, 0.05) is 23.3 Å². The topological polar surface area (TPSA) is 18.1 Å². The third-order valence-electron chi connectivity index (χ3n) is 7.05. The molecule has 4 heteroatoms. The maximum Gasteiger partial charge on any atom is 0.286 e. The molecule has 6 rings (SSSR count). The fraction of sp³-hybridized carbons (Fsp3) is 0.188. The van der Waals surface area contributed by atoms with Gasteiger partial charge in [-0.25, -0.2) is 17.9 Å². The molecule has 6 aromatic rings. The van der Waals surface area contributed by atoms with Gasteiger partial charge >= 0.3 is 0 Å². The molecule has 0 unspecified atom stereocenters. The van der Waals surface area contributed by atoms with Gasteiger partial charge in [0.25, 0.3) is 11.3 Å². The van der Waals surface area contributed by atoms with E-state index in [9.17, 15) is 0 Å². The second-order valence-electron chi connectivity index (χ2n) is 9.41. The molecule has 0 amide bonds. The number of unbranched alkanes of at least 4 members (excludes halogenated alkanes) is 3. The summed E-state index contributed by atoms with van der Waals surface area (Å²) in [6, 6.07) is 34.3. The molecule has 0 aliphatic carbocycles. The second-order valence-corrected chi connectivity index (χ2v) is 9.41. The molecule has 0 saturated heterocycles. The number of hydrogen-bond donors (Lipinski definition) is 0. The van der Waals surface area contributed by atoms with E-state index in [4.69, 9.17) is 0 Å². The van der Waals surface area contributed by atoms with Gasteiger partial charge in [-0.15, -0.1) is 0 Å². The monoisotopic (exact) mass is 472 g/mol. The van der Waals surface area contributed by atoms with Crippen molar-refractivity contribution in [3.05, 3.63) is 122 Å². The van der Waals surface area contributed by atoms with E-state index in [0.717, 1.165) is 13.1 Å². The van der Waals surface area contributed by atoms with Gasteiger partial charge < -0.3 is 0 Å². The predicted molar refractivity (Wildman–Crippen MR) is 145 cm³/mol. The number of hydrogen-bond acceptors (Lipinski definition) is 0. The van der Waals surface area contributed by atoms with Crippen molar-refractivity contribution in [2.45, 2.75) is 38.8 Å². The Bertz CT molecular complexity index is 1460. The predicted octanol–water partition coefficient (Wildman–Crippen LogP) is 6.36. The number of benzene rings is 2. The van der Waals surface area contributed by atoms with Gasteiger partial charge in [-0.05, 0) is 37.8 Å². The largest absolute Gasteiger partial charge is 0.286 e. The Morgan fingerprint density at radius 2 is 0.861 bits per heavy atom. The molecular weight excluding hydrogens is 440 g/mol. The standard InChI is InChI=1S/C32H32N4/c1(11-23-35-29(27-15-5-3-6-16-27)25-33-21-13-9-19-31(33)35)2-12-24-36-30(28-17-7-4-8-18-28)26-34-22-14-10-20-32(34)36/h3-10,13-22,25-26H,1-2,11-12,23-24H2/q+2. The summed E-state index contributed by atoms with van der Waals surface area (Å²) in [6.07, 6.45) is 13.6. The molecule has 0 spiro atoms.